The number of benzene rings is 1. The predicted octanol–water partition coefficient (Wildman–Crippen LogP) is 6.66. The standard InChI is InChI=1S/C24H31ClF3N3OS/c1-3-4-5-6-7-21(23(33)30-16-18-8-11-20(25)12-9-18)31(14-15-32-2)22-13-10-19(17-29-22)24(26,27)28/h8-13,17,21H,3-7,14-16H2,1-2H3,(H,30,33). The molecule has 1 atom stereocenters. The fourth-order valence-electron chi connectivity index (χ4n) is 3.45. The average Bonchev–Trinajstić information content (AvgIpc) is 2.79. The molecule has 9 heteroatoms. The van der Waals surface area contributed by atoms with Crippen LogP contribution in [0.2, 0.25) is 5.02 Å². The Morgan fingerprint density at radius 3 is 2.45 bits per heavy atom. The Balaban J connectivity index is 2.23. The molecule has 0 amide bonds. The van der Waals surface area contributed by atoms with E-state index in [1.54, 1.807) is 7.11 Å². The smallest absolute Gasteiger partial charge is 0.383 e. The van der Waals surface area contributed by atoms with E-state index in [0.29, 0.717) is 35.5 Å². The summed E-state index contributed by atoms with van der Waals surface area (Å²) in [5, 5.41) is 3.98. The number of unbranched alkanes of at least 4 members (excludes halogenated alkanes) is 3. The van der Waals surface area contributed by atoms with Gasteiger partial charge in [-0.1, -0.05) is 68.6 Å². The molecule has 2 rings (SSSR count). The maximum Gasteiger partial charge on any atom is 0.417 e. The van der Waals surface area contributed by atoms with E-state index in [1.165, 1.54) is 6.07 Å². The van der Waals surface area contributed by atoms with Crippen molar-refractivity contribution in [3.8, 4) is 0 Å². The number of aromatic nitrogens is 1. The molecule has 0 aliphatic rings. The summed E-state index contributed by atoms with van der Waals surface area (Å²) >= 11 is 11.7. The summed E-state index contributed by atoms with van der Waals surface area (Å²) in [6.45, 7) is 3.52. The van der Waals surface area contributed by atoms with Crippen LogP contribution in [0.3, 0.4) is 0 Å². The van der Waals surface area contributed by atoms with E-state index in [2.05, 4.69) is 17.2 Å². The van der Waals surface area contributed by atoms with Gasteiger partial charge in [0.1, 0.15) is 5.82 Å². The van der Waals surface area contributed by atoms with Crippen molar-refractivity contribution in [2.75, 3.05) is 25.2 Å². The Morgan fingerprint density at radius 2 is 1.88 bits per heavy atom. The number of nitrogens with zero attached hydrogens (tertiary/aromatic N) is 2. The van der Waals surface area contributed by atoms with Crippen molar-refractivity contribution in [3.05, 3.63) is 58.7 Å². The van der Waals surface area contributed by atoms with Crippen LogP contribution in [-0.4, -0.2) is 36.3 Å². The van der Waals surface area contributed by atoms with E-state index in [4.69, 9.17) is 28.6 Å². The maximum absolute atomic E-state index is 13.0. The van der Waals surface area contributed by atoms with Crippen LogP contribution in [-0.2, 0) is 17.5 Å². The first kappa shape index (κ1) is 27.3. The van der Waals surface area contributed by atoms with Crippen molar-refractivity contribution < 1.29 is 17.9 Å². The molecule has 0 fully saturated rings. The Hall–Kier alpha value is -1.90. The minimum absolute atomic E-state index is 0.219. The first-order chi connectivity index (χ1) is 15.8. The predicted molar refractivity (Wildman–Crippen MR) is 132 cm³/mol. The van der Waals surface area contributed by atoms with Crippen LogP contribution < -0.4 is 10.2 Å². The van der Waals surface area contributed by atoms with Gasteiger partial charge < -0.3 is 15.0 Å². The third-order valence-corrected chi connectivity index (χ3v) is 5.96. The van der Waals surface area contributed by atoms with E-state index in [-0.39, 0.29) is 6.04 Å². The minimum Gasteiger partial charge on any atom is -0.383 e. The summed E-state index contributed by atoms with van der Waals surface area (Å²) < 4.78 is 44.3. The molecule has 0 spiro atoms. The lowest BCUT2D eigenvalue weighted by molar-refractivity contribution is -0.137. The van der Waals surface area contributed by atoms with E-state index < -0.39 is 11.7 Å². The average molecular weight is 502 g/mol. The molecule has 182 valence electrons. The van der Waals surface area contributed by atoms with Crippen LogP contribution in [0.1, 0.15) is 50.2 Å². The lowest BCUT2D eigenvalue weighted by Crippen LogP contribution is -2.47. The van der Waals surface area contributed by atoms with Crippen molar-refractivity contribution in [2.24, 2.45) is 0 Å². The molecule has 1 aromatic heterocycles. The van der Waals surface area contributed by atoms with Gasteiger partial charge in [-0.25, -0.2) is 4.98 Å². The van der Waals surface area contributed by atoms with Crippen LogP contribution in [0.25, 0.3) is 0 Å². The number of anilines is 1. The molecule has 0 bridgehead atoms. The molecule has 0 saturated carbocycles. The highest BCUT2D eigenvalue weighted by Crippen LogP contribution is 2.30. The summed E-state index contributed by atoms with van der Waals surface area (Å²) in [5.41, 5.74) is 0.253. The molecule has 1 heterocycles. The minimum atomic E-state index is -4.43. The summed E-state index contributed by atoms with van der Waals surface area (Å²) in [5.74, 6) is 0.441. The largest absolute Gasteiger partial charge is 0.417 e. The van der Waals surface area contributed by atoms with Gasteiger partial charge in [-0.3, -0.25) is 0 Å². The fourth-order valence-corrected chi connectivity index (χ4v) is 3.89. The van der Waals surface area contributed by atoms with Crippen LogP contribution in [0, 0.1) is 0 Å². The molecule has 1 N–H and O–H groups in total. The van der Waals surface area contributed by atoms with Gasteiger partial charge in [0, 0.05) is 31.4 Å². The number of methoxy groups -OCH3 is 1. The van der Waals surface area contributed by atoms with Crippen molar-refractivity contribution in [1.29, 1.82) is 0 Å². The lowest BCUT2D eigenvalue weighted by Gasteiger charge is -2.34. The first-order valence-electron chi connectivity index (χ1n) is 11.1. The highest BCUT2D eigenvalue weighted by molar-refractivity contribution is 7.80. The molecule has 4 nitrogen and oxygen atoms in total. The first-order valence-corrected chi connectivity index (χ1v) is 11.9. The lowest BCUT2D eigenvalue weighted by atomic mass is 10.0. The van der Waals surface area contributed by atoms with Gasteiger partial charge in [0.05, 0.1) is 23.2 Å². The Bertz CT molecular complexity index is 848. The zero-order valence-electron chi connectivity index (χ0n) is 19.0. The van der Waals surface area contributed by atoms with Crippen molar-refractivity contribution in [1.82, 2.24) is 10.3 Å². The number of nitrogens with one attached hydrogen (secondary N) is 1. The number of alkyl halides is 3. The van der Waals surface area contributed by atoms with E-state index in [1.807, 2.05) is 29.2 Å². The second-order valence-electron chi connectivity index (χ2n) is 7.80. The Morgan fingerprint density at radius 1 is 1.15 bits per heavy atom. The molecule has 1 aromatic carbocycles. The normalized spacial score (nSPS) is 12.4. The molecule has 1 unspecified atom stereocenters. The Kier molecular flexibility index (Phi) is 11.4. The molecule has 0 saturated heterocycles. The van der Waals surface area contributed by atoms with Crippen molar-refractivity contribution in [2.45, 2.75) is 57.8 Å². The second kappa shape index (κ2) is 13.7. The zero-order valence-corrected chi connectivity index (χ0v) is 20.6. The van der Waals surface area contributed by atoms with E-state index in [9.17, 15) is 13.2 Å². The number of halogens is 4. The fraction of sp³-hybridized carbons (Fsp3) is 0.500. The summed E-state index contributed by atoms with van der Waals surface area (Å²) in [4.78, 5) is 6.68. The SMILES string of the molecule is CCCCCCC(C(=S)NCc1ccc(Cl)cc1)N(CCOC)c1ccc(C(F)(F)F)cn1. The highest BCUT2D eigenvalue weighted by atomic mass is 35.5. The number of hydrogen-bond donors (Lipinski definition) is 1. The molecule has 0 aliphatic heterocycles. The van der Waals surface area contributed by atoms with Crippen LogP contribution in [0.15, 0.2) is 42.6 Å². The summed E-state index contributed by atoms with van der Waals surface area (Å²) in [7, 11) is 1.59. The zero-order chi connectivity index (χ0) is 24.3. The number of thiocarbonyl (C=S) groups is 1. The third kappa shape index (κ3) is 9.10. The number of hydrogen-bond acceptors (Lipinski definition) is 4. The van der Waals surface area contributed by atoms with Crippen LogP contribution >= 0.6 is 23.8 Å². The van der Waals surface area contributed by atoms with Crippen molar-refractivity contribution in [3.63, 3.8) is 0 Å². The van der Waals surface area contributed by atoms with Gasteiger partial charge in [-0.2, -0.15) is 13.2 Å². The van der Waals surface area contributed by atoms with Gasteiger partial charge in [-0.15, -0.1) is 0 Å². The van der Waals surface area contributed by atoms with Crippen molar-refractivity contribution >= 4 is 34.6 Å². The molecule has 33 heavy (non-hydrogen) atoms. The topological polar surface area (TPSA) is 37.4 Å². The number of pyridine rings is 1. The van der Waals surface area contributed by atoms with E-state index >= 15 is 0 Å². The molecule has 0 radical (unpaired) electrons. The molecule has 0 aliphatic carbocycles. The molecular formula is C24H31ClF3N3OS. The van der Waals surface area contributed by atoms with Crippen LogP contribution in [0.5, 0.6) is 0 Å². The number of ether oxygens (including phenoxy) is 1. The van der Waals surface area contributed by atoms with Gasteiger partial charge >= 0.3 is 6.18 Å². The summed E-state index contributed by atoms with van der Waals surface area (Å²) in [6.07, 6.45) is 1.44. The number of rotatable bonds is 13. The van der Waals surface area contributed by atoms with Gasteiger partial charge in [0.25, 0.3) is 0 Å². The Labute approximate surface area is 204 Å². The highest BCUT2D eigenvalue weighted by Gasteiger charge is 2.31. The monoisotopic (exact) mass is 501 g/mol. The molecular weight excluding hydrogens is 471 g/mol. The van der Waals surface area contributed by atoms with Gasteiger partial charge in [0.2, 0.25) is 0 Å². The van der Waals surface area contributed by atoms with E-state index in [0.717, 1.165) is 49.9 Å². The molecule has 2 aromatic rings. The third-order valence-electron chi connectivity index (χ3n) is 5.30. The quantitative estimate of drug-likeness (QED) is 0.245. The maximum atomic E-state index is 13.0. The summed E-state index contributed by atoms with van der Waals surface area (Å²) in [6, 6.07) is 9.73. The second-order valence-corrected chi connectivity index (χ2v) is 8.67. The van der Waals surface area contributed by atoms with Gasteiger partial charge in [-0.05, 0) is 36.2 Å². The van der Waals surface area contributed by atoms with Gasteiger partial charge in [0.15, 0.2) is 0 Å². The van der Waals surface area contributed by atoms with Crippen LogP contribution in [0.4, 0.5) is 19.0 Å².